The quantitative estimate of drug-likeness (QED) is 0.728. The first-order chi connectivity index (χ1) is 11.3. The molecular weight excluding hydrogens is 290 g/mol. The van der Waals surface area contributed by atoms with Crippen LogP contribution in [0.3, 0.4) is 0 Å². The normalized spacial score (nSPS) is 15.5. The lowest BCUT2D eigenvalue weighted by molar-refractivity contribution is 0.249. The Morgan fingerprint density at radius 3 is 2.65 bits per heavy atom. The summed E-state index contributed by atoms with van der Waals surface area (Å²) in [5.41, 5.74) is 0. The van der Waals surface area contributed by atoms with Crippen molar-refractivity contribution in [2.75, 3.05) is 6.54 Å². The van der Waals surface area contributed by atoms with Crippen LogP contribution in [0.15, 0.2) is 36.9 Å². The molecule has 0 unspecified atom stereocenters. The third kappa shape index (κ3) is 2.92. The average Bonchev–Trinajstić information content (AvgIpc) is 3.23. The highest BCUT2D eigenvalue weighted by Crippen LogP contribution is 2.15. The molecule has 1 aliphatic heterocycles. The molecule has 0 saturated carbocycles. The Bertz CT molecular complexity index is 768. The first kappa shape index (κ1) is 14.2. The summed E-state index contributed by atoms with van der Waals surface area (Å²) in [7, 11) is 2.04. The fraction of sp³-hybridized carbons (Fsp3) is 0.438. The van der Waals surface area contributed by atoms with E-state index in [0.29, 0.717) is 0 Å². The second-order valence-corrected chi connectivity index (χ2v) is 6.06. The maximum absolute atomic E-state index is 4.43. The molecule has 0 spiro atoms. The van der Waals surface area contributed by atoms with E-state index in [0.717, 1.165) is 56.6 Å². The summed E-state index contributed by atoms with van der Waals surface area (Å²) in [6.45, 7) is 4.49. The largest absolute Gasteiger partial charge is 0.347 e. The van der Waals surface area contributed by atoms with Crippen molar-refractivity contribution in [1.82, 2.24) is 33.8 Å². The van der Waals surface area contributed by atoms with E-state index in [1.807, 2.05) is 31.6 Å². The van der Waals surface area contributed by atoms with Gasteiger partial charge in [0.25, 0.3) is 0 Å². The van der Waals surface area contributed by atoms with E-state index in [2.05, 4.69) is 46.2 Å². The smallest absolute Gasteiger partial charge is 0.153 e. The molecular formula is C16H21N7. The summed E-state index contributed by atoms with van der Waals surface area (Å²) >= 11 is 0. The van der Waals surface area contributed by atoms with E-state index >= 15 is 0 Å². The van der Waals surface area contributed by atoms with Gasteiger partial charge >= 0.3 is 0 Å². The van der Waals surface area contributed by atoms with Gasteiger partial charge in [-0.25, -0.2) is 4.98 Å². The summed E-state index contributed by atoms with van der Waals surface area (Å²) < 4.78 is 6.49. The van der Waals surface area contributed by atoms with Crippen molar-refractivity contribution < 1.29 is 0 Å². The minimum absolute atomic E-state index is 0.777. The van der Waals surface area contributed by atoms with Crippen LogP contribution in [-0.2, 0) is 33.2 Å². The Morgan fingerprint density at radius 1 is 1.00 bits per heavy atom. The molecule has 0 bridgehead atoms. The van der Waals surface area contributed by atoms with E-state index in [4.69, 9.17) is 0 Å². The number of hydrogen-bond acceptors (Lipinski definition) is 4. The average molecular weight is 311 g/mol. The van der Waals surface area contributed by atoms with Gasteiger partial charge in [-0.15, -0.1) is 10.2 Å². The third-order valence-corrected chi connectivity index (χ3v) is 4.40. The van der Waals surface area contributed by atoms with Gasteiger partial charge in [0.05, 0.1) is 19.6 Å². The van der Waals surface area contributed by atoms with Gasteiger partial charge < -0.3 is 13.7 Å². The lowest BCUT2D eigenvalue weighted by Crippen LogP contribution is -2.24. The molecule has 120 valence electrons. The third-order valence-electron chi connectivity index (χ3n) is 4.40. The molecule has 0 radical (unpaired) electrons. The molecule has 1 aliphatic rings. The van der Waals surface area contributed by atoms with Crippen LogP contribution in [0.5, 0.6) is 0 Å². The van der Waals surface area contributed by atoms with Crippen molar-refractivity contribution in [1.29, 1.82) is 0 Å². The van der Waals surface area contributed by atoms with Gasteiger partial charge in [-0.2, -0.15) is 0 Å². The monoisotopic (exact) mass is 311 g/mol. The van der Waals surface area contributed by atoms with Crippen LogP contribution in [0.25, 0.3) is 0 Å². The van der Waals surface area contributed by atoms with Crippen molar-refractivity contribution >= 4 is 0 Å². The predicted octanol–water partition coefficient (Wildman–Crippen LogP) is 1.27. The van der Waals surface area contributed by atoms with Crippen molar-refractivity contribution in [2.24, 2.45) is 7.05 Å². The van der Waals surface area contributed by atoms with E-state index in [9.17, 15) is 0 Å². The maximum atomic E-state index is 4.43. The number of aryl methyl sites for hydroxylation is 1. The Balaban J connectivity index is 1.51. The minimum atomic E-state index is 0.777. The van der Waals surface area contributed by atoms with E-state index in [1.165, 1.54) is 0 Å². The highest BCUT2D eigenvalue weighted by molar-refractivity contribution is 5.02. The number of rotatable bonds is 4. The standard InChI is InChI=1S/C16H21N7/c1-20-10-5-17-14(20)11-22-8-4-9-23-15(18-19-16(23)13-22)12-21-6-2-3-7-21/h2-3,5-7,10H,4,8-9,11-13H2,1H3. The molecule has 0 saturated heterocycles. The Morgan fingerprint density at radius 2 is 1.87 bits per heavy atom. The molecule has 3 aromatic heterocycles. The van der Waals surface area contributed by atoms with E-state index in [-0.39, 0.29) is 0 Å². The lowest BCUT2D eigenvalue weighted by atomic mass is 10.3. The maximum Gasteiger partial charge on any atom is 0.153 e. The molecule has 0 aliphatic carbocycles. The summed E-state index contributed by atoms with van der Waals surface area (Å²) in [6.07, 6.45) is 9.07. The fourth-order valence-corrected chi connectivity index (χ4v) is 3.12. The first-order valence-electron chi connectivity index (χ1n) is 8.00. The minimum Gasteiger partial charge on any atom is -0.347 e. The molecule has 4 heterocycles. The molecule has 7 nitrogen and oxygen atoms in total. The van der Waals surface area contributed by atoms with Gasteiger partial charge in [-0.05, 0) is 18.6 Å². The lowest BCUT2D eigenvalue weighted by Gasteiger charge is -2.18. The molecule has 23 heavy (non-hydrogen) atoms. The Hall–Kier alpha value is -2.41. The predicted molar refractivity (Wildman–Crippen MR) is 85.5 cm³/mol. The van der Waals surface area contributed by atoms with Crippen molar-refractivity contribution in [3.8, 4) is 0 Å². The van der Waals surface area contributed by atoms with E-state index in [1.54, 1.807) is 0 Å². The van der Waals surface area contributed by atoms with Crippen LogP contribution in [0.2, 0.25) is 0 Å². The summed E-state index contributed by atoms with van der Waals surface area (Å²) in [5, 5.41) is 8.84. The van der Waals surface area contributed by atoms with Crippen LogP contribution in [0, 0.1) is 0 Å². The van der Waals surface area contributed by atoms with Gasteiger partial charge in [0.15, 0.2) is 5.82 Å². The molecule has 0 fully saturated rings. The Kier molecular flexibility index (Phi) is 3.70. The van der Waals surface area contributed by atoms with Gasteiger partial charge in [0.1, 0.15) is 11.6 Å². The summed E-state index contributed by atoms with van der Waals surface area (Å²) in [4.78, 5) is 6.82. The zero-order valence-corrected chi connectivity index (χ0v) is 13.3. The summed E-state index contributed by atoms with van der Waals surface area (Å²) in [6, 6.07) is 4.07. The molecule has 3 aromatic rings. The number of aromatic nitrogens is 6. The number of imidazole rings is 1. The SMILES string of the molecule is Cn1ccnc1CN1CCCn2c(nnc2Cn2cccc2)C1. The first-order valence-corrected chi connectivity index (χ1v) is 8.00. The van der Waals surface area contributed by atoms with Crippen LogP contribution < -0.4 is 0 Å². The zero-order valence-electron chi connectivity index (χ0n) is 13.3. The zero-order chi connectivity index (χ0) is 15.6. The molecule has 0 amide bonds. The fourth-order valence-electron chi connectivity index (χ4n) is 3.12. The summed E-state index contributed by atoms with van der Waals surface area (Å²) in [5.74, 6) is 3.18. The molecule has 0 N–H and O–H groups in total. The van der Waals surface area contributed by atoms with Crippen LogP contribution in [0.4, 0.5) is 0 Å². The van der Waals surface area contributed by atoms with Gasteiger partial charge in [0.2, 0.25) is 0 Å². The highest BCUT2D eigenvalue weighted by atomic mass is 15.3. The highest BCUT2D eigenvalue weighted by Gasteiger charge is 2.20. The second-order valence-electron chi connectivity index (χ2n) is 6.06. The van der Waals surface area contributed by atoms with Gasteiger partial charge in [0, 0.05) is 44.9 Å². The number of hydrogen-bond donors (Lipinski definition) is 0. The molecule has 4 rings (SSSR count). The van der Waals surface area contributed by atoms with Crippen molar-refractivity contribution in [3.05, 3.63) is 54.4 Å². The topological polar surface area (TPSA) is 56.7 Å². The number of nitrogens with zero attached hydrogens (tertiary/aromatic N) is 7. The Labute approximate surface area is 135 Å². The van der Waals surface area contributed by atoms with Crippen LogP contribution >= 0.6 is 0 Å². The van der Waals surface area contributed by atoms with Crippen LogP contribution in [0.1, 0.15) is 23.9 Å². The van der Waals surface area contributed by atoms with Crippen molar-refractivity contribution in [3.63, 3.8) is 0 Å². The van der Waals surface area contributed by atoms with Crippen LogP contribution in [-0.4, -0.2) is 40.3 Å². The number of fused-ring (bicyclic) bond motifs is 1. The molecule has 7 heteroatoms. The van der Waals surface area contributed by atoms with Gasteiger partial charge in [-0.3, -0.25) is 4.90 Å². The van der Waals surface area contributed by atoms with E-state index < -0.39 is 0 Å². The van der Waals surface area contributed by atoms with Gasteiger partial charge in [-0.1, -0.05) is 0 Å². The molecule has 0 atom stereocenters. The second kappa shape index (κ2) is 6.00. The molecule has 0 aromatic carbocycles. The van der Waals surface area contributed by atoms with Crippen molar-refractivity contribution in [2.45, 2.75) is 32.6 Å².